The monoisotopic (exact) mass is 408 g/mol. The van der Waals surface area contributed by atoms with Gasteiger partial charge in [-0.2, -0.15) is 0 Å². The summed E-state index contributed by atoms with van der Waals surface area (Å²) in [6.07, 6.45) is 0. The minimum atomic E-state index is -0.577. The molecule has 0 saturated carbocycles. The number of benzene rings is 2. The number of nitrogens with one attached hydrogen (secondary N) is 3. The molecule has 1 aromatic heterocycles. The molecule has 0 aliphatic carbocycles. The second-order valence-corrected chi connectivity index (χ2v) is 8.02. The fourth-order valence-corrected chi connectivity index (χ4v) is 3.50. The SMILES string of the molecule is Cc1ccc(NC(=O)NC(=O)C(C)Nc2ccc(-c3csc(C)n3)cc2)c(C)c1. The topological polar surface area (TPSA) is 83.1 Å². The van der Waals surface area contributed by atoms with E-state index in [0.29, 0.717) is 5.69 Å². The minimum absolute atomic E-state index is 0.411. The molecule has 1 atom stereocenters. The van der Waals surface area contributed by atoms with Crippen molar-refractivity contribution in [3.8, 4) is 11.3 Å². The van der Waals surface area contributed by atoms with Crippen LogP contribution in [0, 0.1) is 20.8 Å². The van der Waals surface area contributed by atoms with Crippen LogP contribution in [0.2, 0.25) is 0 Å². The quantitative estimate of drug-likeness (QED) is 0.562. The first-order valence-electron chi connectivity index (χ1n) is 9.30. The van der Waals surface area contributed by atoms with Crippen LogP contribution in [0.4, 0.5) is 16.2 Å². The Morgan fingerprint density at radius 3 is 2.38 bits per heavy atom. The highest BCUT2D eigenvalue weighted by molar-refractivity contribution is 7.09. The number of carbonyl (C=O) groups is 2. The Balaban J connectivity index is 1.55. The van der Waals surface area contributed by atoms with E-state index < -0.39 is 18.0 Å². The number of carbonyl (C=O) groups excluding carboxylic acids is 2. The third kappa shape index (κ3) is 5.42. The summed E-state index contributed by atoms with van der Waals surface area (Å²) in [6.45, 7) is 7.57. The van der Waals surface area contributed by atoms with Gasteiger partial charge in [0.15, 0.2) is 0 Å². The van der Waals surface area contributed by atoms with E-state index in [1.807, 2.05) is 68.6 Å². The van der Waals surface area contributed by atoms with Crippen molar-refractivity contribution in [2.45, 2.75) is 33.7 Å². The number of nitrogens with zero attached hydrogens (tertiary/aromatic N) is 1. The van der Waals surface area contributed by atoms with Crippen molar-refractivity contribution in [1.29, 1.82) is 0 Å². The third-order valence-electron chi connectivity index (χ3n) is 4.44. The Labute approximate surface area is 174 Å². The fourth-order valence-electron chi connectivity index (χ4n) is 2.88. The van der Waals surface area contributed by atoms with Crippen molar-refractivity contribution in [2.24, 2.45) is 0 Å². The van der Waals surface area contributed by atoms with Crippen LogP contribution >= 0.6 is 11.3 Å². The largest absolute Gasteiger partial charge is 0.374 e. The second kappa shape index (κ2) is 8.87. The average Bonchev–Trinajstić information content (AvgIpc) is 3.11. The van der Waals surface area contributed by atoms with E-state index in [-0.39, 0.29) is 0 Å². The number of rotatable bonds is 5. The summed E-state index contributed by atoms with van der Waals surface area (Å²) in [4.78, 5) is 28.9. The zero-order chi connectivity index (χ0) is 21.0. The van der Waals surface area contributed by atoms with E-state index in [0.717, 1.165) is 33.1 Å². The summed E-state index contributed by atoms with van der Waals surface area (Å²) in [6, 6.07) is 12.3. The van der Waals surface area contributed by atoms with Crippen LogP contribution in [0.1, 0.15) is 23.1 Å². The van der Waals surface area contributed by atoms with Crippen LogP contribution in [0.15, 0.2) is 47.8 Å². The van der Waals surface area contributed by atoms with Gasteiger partial charge in [0.2, 0.25) is 5.91 Å². The van der Waals surface area contributed by atoms with Crippen LogP contribution in [0.3, 0.4) is 0 Å². The van der Waals surface area contributed by atoms with E-state index in [9.17, 15) is 9.59 Å². The number of anilines is 2. The molecule has 3 aromatic rings. The first-order valence-corrected chi connectivity index (χ1v) is 10.2. The maximum atomic E-state index is 12.3. The predicted molar refractivity (Wildman–Crippen MR) is 118 cm³/mol. The van der Waals surface area contributed by atoms with Crippen LogP contribution in [-0.4, -0.2) is 23.0 Å². The lowest BCUT2D eigenvalue weighted by atomic mass is 10.1. The highest BCUT2D eigenvalue weighted by Crippen LogP contribution is 2.23. The molecule has 1 unspecified atom stereocenters. The Bertz CT molecular complexity index is 1030. The van der Waals surface area contributed by atoms with Gasteiger partial charge in [-0.1, -0.05) is 29.8 Å². The average molecular weight is 409 g/mol. The van der Waals surface area contributed by atoms with Gasteiger partial charge in [-0.15, -0.1) is 11.3 Å². The lowest BCUT2D eigenvalue weighted by Crippen LogP contribution is -2.43. The molecule has 0 bridgehead atoms. The van der Waals surface area contributed by atoms with Crippen LogP contribution in [0.25, 0.3) is 11.3 Å². The van der Waals surface area contributed by atoms with Gasteiger partial charge >= 0.3 is 6.03 Å². The van der Waals surface area contributed by atoms with Gasteiger partial charge in [-0.3, -0.25) is 10.1 Å². The molecule has 3 N–H and O–H groups in total. The summed E-state index contributed by atoms with van der Waals surface area (Å²) in [5.41, 5.74) is 5.47. The highest BCUT2D eigenvalue weighted by atomic mass is 32.1. The van der Waals surface area contributed by atoms with Crippen molar-refractivity contribution in [3.05, 3.63) is 64.0 Å². The second-order valence-electron chi connectivity index (χ2n) is 6.96. The molecule has 0 spiro atoms. The molecule has 0 aliphatic heterocycles. The summed E-state index contributed by atoms with van der Waals surface area (Å²) in [5, 5.41) is 11.2. The minimum Gasteiger partial charge on any atom is -0.374 e. The van der Waals surface area contributed by atoms with Gasteiger partial charge in [-0.05, 0) is 51.5 Å². The van der Waals surface area contributed by atoms with E-state index >= 15 is 0 Å². The van der Waals surface area contributed by atoms with Crippen molar-refractivity contribution in [2.75, 3.05) is 10.6 Å². The molecule has 3 amide bonds. The van der Waals surface area contributed by atoms with Gasteiger partial charge < -0.3 is 10.6 Å². The normalized spacial score (nSPS) is 11.6. The van der Waals surface area contributed by atoms with Gasteiger partial charge in [-0.25, -0.2) is 9.78 Å². The molecule has 7 heteroatoms. The van der Waals surface area contributed by atoms with Crippen molar-refractivity contribution in [3.63, 3.8) is 0 Å². The lowest BCUT2D eigenvalue weighted by molar-refractivity contribution is -0.120. The zero-order valence-corrected chi connectivity index (χ0v) is 17.7. The van der Waals surface area contributed by atoms with Gasteiger partial charge in [0.1, 0.15) is 6.04 Å². The smallest absolute Gasteiger partial charge is 0.325 e. The van der Waals surface area contributed by atoms with Crippen molar-refractivity contribution >= 4 is 34.6 Å². The molecular weight excluding hydrogens is 384 g/mol. The summed E-state index contributed by atoms with van der Waals surface area (Å²) in [5.74, 6) is -0.411. The van der Waals surface area contributed by atoms with E-state index in [4.69, 9.17) is 0 Å². The zero-order valence-electron chi connectivity index (χ0n) is 16.9. The number of urea groups is 1. The van der Waals surface area contributed by atoms with Crippen LogP contribution in [0.5, 0.6) is 0 Å². The molecule has 2 aromatic carbocycles. The van der Waals surface area contributed by atoms with Crippen LogP contribution < -0.4 is 16.0 Å². The number of aryl methyl sites for hydroxylation is 3. The maximum Gasteiger partial charge on any atom is 0.325 e. The molecule has 0 radical (unpaired) electrons. The summed E-state index contributed by atoms with van der Waals surface area (Å²) in [7, 11) is 0. The van der Waals surface area contributed by atoms with Crippen LogP contribution in [-0.2, 0) is 4.79 Å². The number of imide groups is 1. The molecule has 150 valence electrons. The first-order chi connectivity index (χ1) is 13.8. The molecule has 0 fully saturated rings. The number of thiazole rings is 1. The molecular formula is C22H24N4O2S. The van der Waals surface area contributed by atoms with Gasteiger partial charge in [0, 0.05) is 22.3 Å². The Morgan fingerprint density at radius 1 is 1.03 bits per heavy atom. The molecule has 3 rings (SSSR count). The Hall–Kier alpha value is -3.19. The molecule has 1 heterocycles. The number of hydrogen-bond donors (Lipinski definition) is 3. The van der Waals surface area contributed by atoms with Gasteiger partial charge in [0.05, 0.1) is 10.7 Å². The third-order valence-corrected chi connectivity index (χ3v) is 5.22. The number of amides is 3. The fraction of sp³-hybridized carbons (Fsp3) is 0.227. The molecule has 0 saturated heterocycles. The molecule has 0 aliphatic rings. The van der Waals surface area contributed by atoms with E-state index in [1.165, 1.54) is 0 Å². The Kier molecular flexibility index (Phi) is 6.29. The summed E-state index contributed by atoms with van der Waals surface area (Å²) >= 11 is 1.61. The number of hydrogen-bond acceptors (Lipinski definition) is 5. The standard InChI is InChI=1S/C22H24N4O2S/c1-13-5-10-19(14(2)11-13)25-22(28)26-21(27)15(3)23-18-8-6-17(7-9-18)20-12-29-16(4)24-20/h5-12,15,23H,1-4H3,(H2,25,26,27,28). The first kappa shape index (κ1) is 20.5. The molecule has 6 nitrogen and oxygen atoms in total. The predicted octanol–water partition coefficient (Wildman–Crippen LogP) is 4.88. The van der Waals surface area contributed by atoms with Gasteiger partial charge in [0.25, 0.3) is 0 Å². The van der Waals surface area contributed by atoms with Crippen molar-refractivity contribution in [1.82, 2.24) is 10.3 Å². The Morgan fingerprint density at radius 2 is 1.76 bits per heavy atom. The van der Waals surface area contributed by atoms with E-state index in [2.05, 4.69) is 20.9 Å². The van der Waals surface area contributed by atoms with E-state index in [1.54, 1.807) is 18.3 Å². The van der Waals surface area contributed by atoms with Crippen molar-refractivity contribution < 1.29 is 9.59 Å². The summed E-state index contributed by atoms with van der Waals surface area (Å²) < 4.78 is 0. The number of aromatic nitrogens is 1. The lowest BCUT2D eigenvalue weighted by Gasteiger charge is -2.16. The highest BCUT2D eigenvalue weighted by Gasteiger charge is 2.16. The molecule has 29 heavy (non-hydrogen) atoms. The maximum absolute atomic E-state index is 12.3.